The first-order chi connectivity index (χ1) is 12.7. The van der Waals surface area contributed by atoms with Crippen LogP contribution in [-0.4, -0.2) is 23.2 Å². The van der Waals surface area contributed by atoms with Crippen LogP contribution >= 0.6 is 0 Å². The van der Waals surface area contributed by atoms with Crippen LogP contribution in [0.2, 0.25) is 0 Å². The van der Waals surface area contributed by atoms with E-state index in [0.717, 1.165) is 16.9 Å². The second-order valence-electron chi connectivity index (χ2n) is 5.94. The molecule has 0 radical (unpaired) electrons. The quantitative estimate of drug-likeness (QED) is 0.704. The van der Waals surface area contributed by atoms with Gasteiger partial charge in [0, 0.05) is 18.4 Å². The minimum Gasteiger partial charge on any atom is -0.497 e. The van der Waals surface area contributed by atoms with Crippen molar-refractivity contribution in [3.63, 3.8) is 0 Å². The van der Waals surface area contributed by atoms with Crippen LogP contribution in [0.1, 0.15) is 30.8 Å². The lowest BCUT2D eigenvalue weighted by Gasteiger charge is -2.14. The third-order valence-electron chi connectivity index (χ3n) is 4.06. The molecule has 1 aromatic heterocycles. The predicted octanol–water partition coefficient (Wildman–Crippen LogP) is 3.56. The van der Waals surface area contributed by atoms with Gasteiger partial charge in [0.2, 0.25) is 17.6 Å². The third kappa shape index (κ3) is 4.47. The summed E-state index contributed by atoms with van der Waals surface area (Å²) in [6.07, 6.45) is 0.692. The average molecular weight is 351 g/mol. The number of aryl methyl sites for hydroxylation is 1. The van der Waals surface area contributed by atoms with Crippen LogP contribution in [0.3, 0.4) is 0 Å². The molecule has 0 aliphatic carbocycles. The van der Waals surface area contributed by atoms with Crippen molar-refractivity contribution in [2.75, 3.05) is 7.11 Å². The first kappa shape index (κ1) is 17.7. The molecule has 0 saturated heterocycles. The molecule has 0 bridgehead atoms. The van der Waals surface area contributed by atoms with Crippen LogP contribution in [0, 0.1) is 0 Å². The Bertz CT molecular complexity index is 844. The highest BCUT2D eigenvalue weighted by atomic mass is 16.5. The number of nitrogens with one attached hydrogen (secondary N) is 1. The summed E-state index contributed by atoms with van der Waals surface area (Å²) in [5.41, 5.74) is 1.91. The number of amides is 1. The van der Waals surface area contributed by atoms with Gasteiger partial charge >= 0.3 is 0 Å². The van der Waals surface area contributed by atoms with Gasteiger partial charge in [-0.25, -0.2) is 0 Å². The van der Waals surface area contributed by atoms with Crippen molar-refractivity contribution >= 4 is 5.91 Å². The van der Waals surface area contributed by atoms with Crippen molar-refractivity contribution in [2.24, 2.45) is 0 Å². The maximum Gasteiger partial charge on any atom is 0.227 e. The van der Waals surface area contributed by atoms with E-state index in [-0.39, 0.29) is 18.4 Å². The normalized spacial score (nSPS) is 11.8. The zero-order chi connectivity index (χ0) is 18.4. The van der Waals surface area contributed by atoms with Crippen LogP contribution < -0.4 is 10.1 Å². The van der Waals surface area contributed by atoms with Crippen LogP contribution in [0.5, 0.6) is 5.75 Å². The summed E-state index contributed by atoms with van der Waals surface area (Å²) in [4.78, 5) is 16.5. The zero-order valence-corrected chi connectivity index (χ0v) is 14.8. The van der Waals surface area contributed by atoms with Gasteiger partial charge in [-0.05, 0) is 24.6 Å². The smallest absolute Gasteiger partial charge is 0.227 e. The molecule has 26 heavy (non-hydrogen) atoms. The van der Waals surface area contributed by atoms with E-state index in [2.05, 4.69) is 15.5 Å². The van der Waals surface area contributed by atoms with Gasteiger partial charge in [0.1, 0.15) is 5.75 Å². The molecule has 1 atom stereocenters. The molecule has 2 aromatic carbocycles. The number of ether oxygens (including phenoxy) is 1. The molecule has 0 aliphatic heterocycles. The summed E-state index contributed by atoms with van der Waals surface area (Å²) in [5, 5.41) is 6.93. The summed E-state index contributed by atoms with van der Waals surface area (Å²) in [5.74, 6) is 1.72. The number of carbonyl (C=O) groups excluding carboxylic acids is 1. The molecule has 0 saturated carbocycles. The van der Waals surface area contributed by atoms with Crippen molar-refractivity contribution in [3.05, 3.63) is 66.1 Å². The molecule has 6 nitrogen and oxygen atoms in total. The van der Waals surface area contributed by atoms with Crippen LogP contribution in [0.15, 0.2) is 59.1 Å². The minimum absolute atomic E-state index is 0.0622. The monoisotopic (exact) mass is 351 g/mol. The summed E-state index contributed by atoms with van der Waals surface area (Å²) in [7, 11) is 1.63. The van der Waals surface area contributed by atoms with Gasteiger partial charge in [0.15, 0.2) is 0 Å². The molecule has 1 heterocycles. The highest BCUT2D eigenvalue weighted by Gasteiger charge is 2.13. The molecule has 0 fully saturated rings. The Morgan fingerprint density at radius 2 is 1.88 bits per heavy atom. The topological polar surface area (TPSA) is 77.2 Å². The van der Waals surface area contributed by atoms with E-state index >= 15 is 0 Å². The molecule has 6 heteroatoms. The lowest BCUT2D eigenvalue weighted by molar-refractivity contribution is -0.121. The first-order valence-corrected chi connectivity index (χ1v) is 8.47. The van der Waals surface area contributed by atoms with Gasteiger partial charge in [-0.15, -0.1) is 0 Å². The van der Waals surface area contributed by atoms with Gasteiger partial charge in [-0.2, -0.15) is 4.98 Å². The lowest BCUT2D eigenvalue weighted by atomic mass is 10.1. The molecule has 1 amide bonds. The van der Waals surface area contributed by atoms with E-state index in [9.17, 15) is 4.79 Å². The van der Waals surface area contributed by atoms with E-state index in [1.165, 1.54) is 0 Å². The number of benzene rings is 2. The fourth-order valence-electron chi connectivity index (χ4n) is 2.57. The van der Waals surface area contributed by atoms with E-state index in [0.29, 0.717) is 18.1 Å². The van der Waals surface area contributed by atoms with Crippen molar-refractivity contribution in [3.8, 4) is 17.1 Å². The van der Waals surface area contributed by atoms with Crippen molar-refractivity contribution in [1.29, 1.82) is 0 Å². The van der Waals surface area contributed by atoms with Gasteiger partial charge < -0.3 is 14.6 Å². The number of rotatable bonds is 7. The van der Waals surface area contributed by atoms with Gasteiger partial charge in [0.05, 0.1) is 13.2 Å². The minimum atomic E-state index is -0.0871. The zero-order valence-electron chi connectivity index (χ0n) is 14.8. The second kappa shape index (κ2) is 8.29. The Hall–Kier alpha value is -3.15. The number of aromatic nitrogens is 2. The highest BCUT2D eigenvalue weighted by Crippen LogP contribution is 2.18. The standard InChI is InChI=1S/C20H21N3O3/c1-14(15-8-10-17(25-2)11-9-15)21-18(24)12-13-19-22-20(23-26-19)16-6-4-3-5-7-16/h3-11,14H,12-13H2,1-2H3,(H,21,24)/t14-/m1/s1. The van der Waals surface area contributed by atoms with Crippen molar-refractivity contribution in [1.82, 2.24) is 15.5 Å². The number of hydrogen-bond acceptors (Lipinski definition) is 5. The van der Waals surface area contributed by atoms with E-state index in [1.54, 1.807) is 7.11 Å². The Kier molecular flexibility index (Phi) is 5.63. The number of methoxy groups -OCH3 is 1. The number of nitrogens with zero attached hydrogens (tertiary/aromatic N) is 2. The molecule has 0 aliphatic rings. The summed E-state index contributed by atoms with van der Waals surface area (Å²) >= 11 is 0. The van der Waals surface area contributed by atoms with Crippen LogP contribution in [0.4, 0.5) is 0 Å². The Morgan fingerprint density at radius 1 is 1.15 bits per heavy atom. The van der Waals surface area contributed by atoms with Crippen molar-refractivity contribution < 1.29 is 14.1 Å². The summed E-state index contributed by atoms with van der Waals surface area (Å²) < 4.78 is 10.4. The van der Waals surface area contributed by atoms with Gasteiger partial charge in [0.25, 0.3) is 0 Å². The van der Waals surface area contributed by atoms with Gasteiger partial charge in [-0.3, -0.25) is 4.79 Å². The van der Waals surface area contributed by atoms with Crippen LogP contribution in [-0.2, 0) is 11.2 Å². The Labute approximate surface area is 152 Å². The largest absolute Gasteiger partial charge is 0.497 e. The number of hydrogen-bond donors (Lipinski definition) is 1. The van der Waals surface area contributed by atoms with E-state index < -0.39 is 0 Å². The molecule has 134 valence electrons. The maximum absolute atomic E-state index is 12.2. The first-order valence-electron chi connectivity index (χ1n) is 8.47. The van der Waals surface area contributed by atoms with E-state index in [4.69, 9.17) is 9.26 Å². The van der Waals surface area contributed by atoms with Crippen LogP contribution in [0.25, 0.3) is 11.4 Å². The lowest BCUT2D eigenvalue weighted by Crippen LogP contribution is -2.26. The number of carbonyl (C=O) groups is 1. The predicted molar refractivity (Wildman–Crippen MR) is 97.6 cm³/mol. The molecular formula is C20H21N3O3. The van der Waals surface area contributed by atoms with Gasteiger partial charge in [-0.1, -0.05) is 47.6 Å². The van der Waals surface area contributed by atoms with E-state index in [1.807, 2.05) is 61.5 Å². The molecule has 0 spiro atoms. The molecular weight excluding hydrogens is 330 g/mol. The maximum atomic E-state index is 12.2. The third-order valence-corrected chi connectivity index (χ3v) is 4.06. The fourth-order valence-corrected chi connectivity index (χ4v) is 2.57. The summed E-state index contributed by atoms with van der Waals surface area (Å²) in [6.45, 7) is 1.94. The average Bonchev–Trinajstić information content (AvgIpc) is 3.16. The SMILES string of the molecule is COc1ccc([C@@H](C)NC(=O)CCc2nc(-c3ccccc3)no2)cc1. The van der Waals surface area contributed by atoms with Crippen molar-refractivity contribution in [2.45, 2.75) is 25.8 Å². The molecule has 3 rings (SSSR count). The Morgan fingerprint density at radius 3 is 2.58 bits per heavy atom. The Balaban J connectivity index is 1.51. The molecule has 3 aromatic rings. The highest BCUT2D eigenvalue weighted by molar-refractivity contribution is 5.76. The summed E-state index contributed by atoms with van der Waals surface area (Å²) in [6, 6.07) is 17.1. The molecule has 1 N–H and O–H groups in total. The fraction of sp³-hybridized carbons (Fsp3) is 0.250. The second-order valence-corrected chi connectivity index (χ2v) is 5.94. The molecule has 0 unspecified atom stereocenters.